The predicted molar refractivity (Wildman–Crippen MR) is 60.7 cm³/mol. The molecule has 1 atom stereocenters. The third-order valence-corrected chi connectivity index (χ3v) is 3.06. The topological polar surface area (TPSA) is 29.5 Å². The molecule has 3 heteroatoms. The highest BCUT2D eigenvalue weighted by Gasteiger charge is 2.22. The van der Waals surface area contributed by atoms with Crippen molar-refractivity contribution >= 4 is 5.97 Å². The molecule has 0 aromatic carbocycles. The molecule has 0 aromatic rings. The van der Waals surface area contributed by atoms with E-state index in [0.717, 1.165) is 31.8 Å². The van der Waals surface area contributed by atoms with Gasteiger partial charge < -0.3 is 4.74 Å². The summed E-state index contributed by atoms with van der Waals surface area (Å²) in [5.74, 6) is 0.730. The molecule has 0 saturated carbocycles. The summed E-state index contributed by atoms with van der Waals surface area (Å²) in [5, 5.41) is 0. The molecule has 1 aliphatic rings. The Labute approximate surface area is 92.8 Å². The van der Waals surface area contributed by atoms with Crippen LogP contribution in [-0.4, -0.2) is 37.1 Å². The van der Waals surface area contributed by atoms with E-state index in [4.69, 9.17) is 4.74 Å². The van der Waals surface area contributed by atoms with Crippen LogP contribution in [0.25, 0.3) is 0 Å². The molecule has 3 nitrogen and oxygen atoms in total. The summed E-state index contributed by atoms with van der Waals surface area (Å²) in [4.78, 5) is 13.6. The van der Waals surface area contributed by atoms with E-state index in [0.29, 0.717) is 13.2 Å². The van der Waals surface area contributed by atoms with Gasteiger partial charge in [0.1, 0.15) is 0 Å². The molecule has 0 bridgehead atoms. The van der Waals surface area contributed by atoms with Crippen LogP contribution in [0.1, 0.15) is 39.5 Å². The van der Waals surface area contributed by atoms with Crippen LogP contribution in [0.2, 0.25) is 0 Å². The first-order chi connectivity index (χ1) is 7.26. The molecule has 0 aliphatic carbocycles. The van der Waals surface area contributed by atoms with Gasteiger partial charge in [0.15, 0.2) is 0 Å². The first-order valence-corrected chi connectivity index (χ1v) is 6.14. The maximum Gasteiger partial charge on any atom is 0.320 e. The van der Waals surface area contributed by atoms with E-state index in [2.05, 4.69) is 18.7 Å². The number of hydrogen-bond donors (Lipinski definition) is 0. The number of nitrogens with zero attached hydrogens (tertiary/aromatic N) is 1. The van der Waals surface area contributed by atoms with Crippen LogP contribution in [0.5, 0.6) is 0 Å². The molecule has 0 N–H and O–H groups in total. The molecular formula is C12H23NO2. The van der Waals surface area contributed by atoms with E-state index in [1.54, 1.807) is 0 Å². The minimum absolute atomic E-state index is 0.0554. The van der Waals surface area contributed by atoms with Crippen LogP contribution < -0.4 is 0 Å². The zero-order chi connectivity index (χ0) is 11.1. The lowest BCUT2D eigenvalue weighted by molar-refractivity contribution is -0.144. The Hall–Kier alpha value is -0.570. The molecule has 1 fully saturated rings. The van der Waals surface area contributed by atoms with Crippen molar-refractivity contribution in [3.8, 4) is 0 Å². The molecule has 0 aromatic heterocycles. The minimum atomic E-state index is -0.0554. The van der Waals surface area contributed by atoms with Gasteiger partial charge in [-0.3, -0.25) is 9.69 Å². The predicted octanol–water partition coefficient (Wildman–Crippen LogP) is 2.06. The minimum Gasteiger partial charge on any atom is -0.465 e. The highest BCUT2D eigenvalue weighted by atomic mass is 16.5. The van der Waals surface area contributed by atoms with Gasteiger partial charge in [0.2, 0.25) is 0 Å². The third kappa shape index (κ3) is 4.65. The van der Waals surface area contributed by atoms with Gasteiger partial charge >= 0.3 is 5.97 Å². The Morgan fingerprint density at radius 2 is 2.27 bits per heavy atom. The average Bonchev–Trinajstić information content (AvgIpc) is 2.66. The summed E-state index contributed by atoms with van der Waals surface area (Å²) in [6, 6.07) is 0. The van der Waals surface area contributed by atoms with E-state index in [1.807, 2.05) is 0 Å². The monoisotopic (exact) mass is 213 g/mol. The van der Waals surface area contributed by atoms with Gasteiger partial charge in [-0.05, 0) is 25.3 Å². The van der Waals surface area contributed by atoms with Gasteiger partial charge in [-0.15, -0.1) is 0 Å². The molecule has 1 unspecified atom stereocenters. The second-order valence-corrected chi connectivity index (χ2v) is 4.37. The lowest BCUT2D eigenvalue weighted by atomic mass is 10.1. The van der Waals surface area contributed by atoms with Crippen molar-refractivity contribution in [3.05, 3.63) is 0 Å². The van der Waals surface area contributed by atoms with Gasteiger partial charge in [-0.25, -0.2) is 0 Å². The number of hydrogen-bond acceptors (Lipinski definition) is 3. The third-order valence-electron chi connectivity index (χ3n) is 3.06. The number of rotatable bonds is 6. The summed E-state index contributed by atoms with van der Waals surface area (Å²) >= 11 is 0. The number of carbonyl (C=O) groups is 1. The molecule has 88 valence electrons. The molecule has 1 saturated heterocycles. The first-order valence-electron chi connectivity index (χ1n) is 6.14. The highest BCUT2D eigenvalue weighted by Crippen LogP contribution is 2.18. The number of esters is 1. The Bertz CT molecular complexity index is 194. The van der Waals surface area contributed by atoms with Crippen LogP contribution in [0.15, 0.2) is 0 Å². The lowest BCUT2D eigenvalue weighted by Gasteiger charge is -2.14. The quantitative estimate of drug-likeness (QED) is 0.499. The normalized spacial score (nSPS) is 21.9. The standard InChI is InChI=1S/C12H23NO2/c1-3-5-8-15-12(14)10-13-7-6-11(4-2)9-13/h11H,3-10H2,1-2H3. The van der Waals surface area contributed by atoms with E-state index in [1.165, 1.54) is 12.8 Å². The molecule has 0 spiro atoms. The second-order valence-electron chi connectivity index (χ2n) is 4.37. The summed E-state index contributed by atoms with van der Waals surface area (Å²) in [7, 11) is 0. The maximum absolute atomic E-state index is 11.4. The van der Waals surface area contributed by atoms with Gasteiger partial charge in [0.25, 0.3) is 0 Å². The van der Waals surface area contributed by atoms with Gasteiger partial charge in [0.05, 0.1) is 13.2 Å². The fourth-order valence-electron chi connectivity index (χ4n) is 1.95. The molecule has 1 rings (SSSR count). The van der Waals surface area contributed by atoms with Crippen LogP contribution in [0.3, 0.4) is 0 Å². The molecule has 1 heterocycles. The molecular weight excluding hydrogens is 190 g/mol. The summed E-state index contributed by atoms with van der Waals surface area (Å²) in [5.41, 5.74) is 0. The van der Waals surface area contributed by atoms with Crippen molar-refractivity contribution in [1.82, 2.24) is 4.90 Å². The van der Waals surface area contributed by atoms with Gasteiger partial charge in [-0.2, -0.15) is 0 Å². The van der Waals surface area contributed by atoms with Gasteiger partial charge in [0, 0.05) is 6.54 Å². The fraction of sp³-hybridized carbons (Fsp3) is 0.917. The highest BCUT2D eigenvalue weighted by molar-refractivity contribution is 5.71. The Morgan fingerprint density at radius 1 is 1.47 bits per heavy atom. The second kappa shape index (κ2) is 6.83. The first kappa shape index (κ1) is 12.5. The van der Waals surface area contributed by atoms with E-state index >= 15 is 0 Å². The van der Waals surface area contributed by atoms with Crippen molar-refractivity contribution in [2.45, 2.75) is 39.5 Å². The zero-order valence-electron chi connectivity index (χ0n) is 10.00. The largest absolute Gasteiger partial charge is 0.465 e. The fourth-order valence-corrected chi connectivity index (χ4v) is 1.95. The number of carbonyl (C=O) groups excluding carboxylic acids is 1. The SMILES string of the molecule is CCCCOC(=O)CN1CCC(CC)C1. The summed E-state index contributed by atoms with van der Waals surface area (Å²) in [6.45, 7) is 7.51. The van der Waals surface area contributed by atoms with Crippen LogP contribution >= 0.6 is 0 Å². The number of ether oxygens (including phenoxy) is 1. The smallest absolute Gasteiger partial charge is 0.320 e. The Morgan fingerprint density at radius 3 is 2.87 bits per heavy atom. The number of likely N-dealkylation sites (tertiary alicyclic amines) is 1. The molecule has 0 amide bonds. The number of unbranched alkanes of at least 4 members (excludes halogenated alkanes) is 1. The molecule has 1 aliphatic heterocycles. The van der Waals surface area contributed by atoms with E-state index in [9.17, 15) is 4.79 Å². The average molecular weight is 213 g/mol. The van der Waals surface area contributed by atoms with Crippen LogP contribution in [0, 0.1) is 5.92 Å². The molecule has 15 heavy (non-hydrogen) atoms. The zero-order valence-corrected chi connectivity index (χ0v) is 10.00. The Kier molecular flexibility index (Phi) is 5.69. The summed E-state index contributed by atoms with van der Waals surface area (Å²) in [6.07, 6.45) is 4.51. The Balaban J connectivity index is 2.10. The summed E-state index contributed by atoms with van der Waals surface area (Å²) < 4.78 is 5.13. The van der Waals surface area contributed by atoms with Crippen molar-refractivity contribution < 1.29 is 9.53 Å². The van der Waals surface area contributed by atoms with Crippen molar-refractivity contribution in [2.75, 3.05) is 26.2 Å². The molecule has 0 radical (unpaired) electrons. The van der Waals surface area contributed by atoms with Crippen LogP contribution in [-0.2, 0) is 9.53 Å². The van der Waals surface area contributed by atoms with Crippen molar-refractivity contribution in [1.29, 1.82) is 0 Å². The van der Waals surface area contributed by atoms with Crippen LogP contribution in [0.4, 0.5) is 0 Å². The van der Waals surface area contributed by atoms with Crippen molar-refractivity contribution in [3.63, 3.8) is 0 Å². The van der Waals surface area contributed by atoms with E-state index < -0.39 is 0 Å². The van der Waals surface area contributed by atoms with E-state index in [-0.39, 0.29) is 5.97 Å². The van der Waals surface area contributed by atoms with Crippen molar-refractivity contribution in [2.24, 2.45) is 5.92 Å². The van der Waals surface area contributed by atoms with Gasteiger partial charge in [-0.1, -0.05) is 26.7 Å². The maximum atomic E-state index is 11.4. The lowest BCUT2D eigenvalue weighted by Crippen LogP contribution is -2.29.